The summed E-state index contributed by atoms with van der Waals surface area (Å²) in [7, 11) is 0. The number of nitrogens with zero attached hydrogens (tertiary/aromatic N) is 2. The number of fused-ring (bicyclic) bond motifs is 2. The molecule has 23 heavy (non-hydrogen) atoms. The van der Waals surface area contributed by atoms with Gasteiger partial charge in [-0.05, 0) is 69.3 Å². The summed E-state index contributed by atoms with van der Waals surface area (Å²) in [6, 6.07) is 7.55. The summed E-state index contributed by atoms with van der Waals surface area (Å²) < 4.78 is 1.08. The minimum absolute atomic E-state index is 0.147. The van der Waals surface area contributed by atoms with Crippen LogP contribution in [0.15, 0.2) is 22.7 Å². The predicted molar refractivity (Wildman–Crippen MR) is 94.8 cm³/mol. The van der Waals surface area contributed by atoms with Crippen LogP contribution in [-0.4, -0.2) is 36.0 Å². The Bertz CT molecular complexity index is 657. The fourth-order valence-corrected chi connectivity index (χ4v) is 5.24. The lowest BCUT2D eigenvalue weighted by molar-refractivity contribution is -0.121. The van der Waals surface area contributed by atoms with Crippen LogP contribution in [-0.2, 0) is 10.2 Å². The highest BCUT2D eigenvalue weighted by Gasteiger charge is 2.61. The van der Waals surface area contributed by atoms with Crippen LogP contribution in [0.5, 0.6) is 0 Å². The molecule has 4 heteroatoms. The minimum atomic E-state index is -0.147. The second-order valence-corrected chi connectivity index (χ2v) is 8.71. The first-order valence-corrected chi connectivity index (χ1v) is 9.86. The van der Waals surface area contributed by atoms with E-state index in [-0.39, 0.29) is 5.41 Å². The molecular formula is C19H23BrN2O. The van der Waals surface area contributed by atoms with Gasteiger partial charge in [-0.2, -0.15) is 0 Å². The van der Waals surface area contributed by atoms with Crippen LogP contribution in [0.2, 0.25) is 0 Å². The summed E-state index contributed by atoms with van der Waals surface area (Å²) in [5, 5.41) is 0. The van der Waals surface area contributed by atoms with Crippen LogP contribution in [0.4, 0.5) is 5.69 Å². The van der Waals surface area contributed by atoms with Crippen LogP contribution in [0.3, 0.4) is 0 Å². The van der Waals surface area contributed by atoms with E-state index < -0.39 is 0 Å². The van der Waals surface area contributed by atoms with E-state index in [1.165, 1.54) is 43.6 Å². The molecule has 0 N–H and O–H groups in total. The molecule has 0 bridgehead atoms. The number of rotatable bonds is 2. The van der Waals surface area contributed by atoms with Crippen molar-refractivity contribution in [2.45, 2.75) is 62.4 Å². The number of hydrogen-bond acceptors (Lipinski definition) is 2. The predicted octanol–water partition coefficient (Wildman–Crippen LogP) is 3.84. The topological polar surface area (TPSA) is 23.6 Å². The van der Waals surface area contributed by atoms with Crippen LogP contribution in [0.25, 0.3) is 0 Å². The van der Waals surface area contributed by atoms with Gasteiger partial charge in [0, 0.05) is 22.2 Å². The van der Waals surface area contributed by atoms with Gasteiger partial charge in [-0.15, -0.1) is 0 Å². The Morgan fingerprint density at radius 3 is 2.48 bits per heavy atom. The SMILES string of the molecule is O=C1N(C2CC(N3CCCCC3)C2)c2cc(Br)ccc2C12CC2. The van der Waals surface area contributed by atoms with Crippen molar-refractivity contribution >= 4 is 27.5 Å². The molecular weight excluding hydrogens is 352 g/mol. The Morgan fingerprint density at radius 1 is 1.04 bits per heavy atom. The van der Waals surface area contributed by atoms with E-state index in [1.807, 2.05) is 0 Å². The fourth-order valence-electron chi connectivity index (χ4n) is 4.89. The number of carbonyl (C=O) groups is 1. The Hall–Kier alpha value is -0.870. The molecule has 3 nitrogen and oxygen atoms in total. The van der Waals surface area contributed by atoms with Crippen molar-refractivity contribution in [2.24, 2.45) is 0 Å². The van der Waals surface area contributed by atoms with Gasteiger partial charge in [0.15, 0.2) is 0 Å². The van der Waals surface area contributed by atoms with E-state index in [0.717, 1.165) is 30.2 Å². The van der Waals surface area contributed by atoms with Gasteiger partial charge in [0.25, 0.3) is 0 Å². The first kappa shape index (κ1) is 14.5. The molecule has 0 radical (unpaired) electrons. The van der Waals surface area contributed by atoms with Crippen molar-refractivity contribution in [3.63, 3.8) is 0 Å². The summed E-state index contributed by atoms with van der Waals surface area (Å²) in [4.78, 5) is 17.9. The first-order valence-electron chi connectivity index (χ1n) is 9.07. The monoisotopic (exact) mass is 374 g/mol. The lowest BCUT2D eigenvalue weighted by Crippen LogP contribution is -2.56. The van der Waals surface area contributed by atoms with Crippen LogP contribution in [0.1, 0.15) is 50.5 Å². The Balaban J connectivity index is 1.38. The fraction of sp³-hybridized carbons (Fsp3) is 0.632. The molecule has 1 spiro atoms. The van der Waals surface area contributed by atoms with Gasteiger partial charge in [-0.25, -0.2) is 0 Å². The van der Waals surface area contributed by atoms with E-state index in [4.69, 9.17) is 0 Å². The normalized spacial score (nSPS) is 32.0. The van der Waals surface area contributed by atoms with E-state index in [9.17, 15) is 4.79 Å². The van der Waals surface area contributed by atoms with Crippen molar-refractivity contribution in [3.8, 4) is 0 Å². The van der Waals surface area contributed by atoms with E-state index in [1.54, 1.807) is 0 Å². The van der Waals surface area contributed by atoms with Gasteiger partial charge in [0.1, 0.15) is 0 Å². The van der Waals surface area contributed by atoms with Gasteiger partial charge in [-0.1, -0.05) is 28.4 Å². The number of amides is 1. The molecule has 0 atom stereocenters. The molecule has 3 fully saturated rings. The summed E-state index contributed by atoms with van der Waals surface area (Å²) in [5.74, 6) is 0.382. The zero-order valence-electron chi connectivity index (χ0n) is 13.4. The average molecular weight is 375 g/mol. The Morgan fingerprint density at radius 2 is 1.78 bits per heavy atom. The molecule has 0 unspecified atom stereocenters. The van der Waals surface area contributed by atoms with Gasteiger partial charge in [0.2, 0.25) is 5.91 Å². The van der Waals surface area contributed by atoms with E-state index >= 15 is 0 Å². The van der Waals surface area contributed by atoms with E-state index in [0.29, 0.717) is 18.0 Å². The van der Waals surface area contributed by atoms with Crippen molar-refractivity contribution in [1.82, 2.24) is 4.90 Å². The highest BCUT2D eigenvalue weighted by Crippen LogP contribution is 2.59. The first-order chi connectivity index (χ1) is 11.2. The summed E-state index contributed by atoms with van der Waals surface area (Å²) in [6.07, 6.45) is 8.49. The van der Waals surface area contributed by atoms with Crippen molar-refractivity contribution in [2.75, 3.05) is 18.0 Å². The van der Waals surface area contributed by atoms with Gasteiger partial charge < -0.3 is 9.80 Å². The average Bonchev–Trinajstić information content (AvgIpc) is 3.28. The molecule has 1 aromatic rings. The zero-order valence-corrected chi connectivity index (χ0v) is 15.0. The molecule has 4 aliphatic rings. The number of halogens is 1. The third-order valence-corrected chi connectivity index (χ3v) is 6.97. The highest BCUT2D eigenvalue weighted by molar-refractivity contribution is 9.10. The lowest BCUT2D eigenvalue weighted by Gasteiger charge is -2.47. The van der Waals surface area contributed by atoms with Gasteiger partial charge in [-0.3, -0.25) is 4.79 Å². The van der Waals surface area contributed by atoms with Crippen molar-refractivity contribution in [1.29, 1.82) is 0 Å². The number of carbonyl (C=O) groups excluding carboxylic acids is 1. The molecule has 1 aromatic carbocycles. The Kier molecular flexibility index (Phi) is 3.18. The number of hydrogen-bond donors (Lipinski definition) is 0. The molecule has 2 aliphatic heterocycles. The maximum atomic E-state index is 13.1. The maximum absolute atomic E-state index is 13.1. The third kappa shape index (κ3) is 2.07. The molecule has 1 saturated heterocycles. The second kappa shape index (κ2) is 5.06. The van der Waals surface area contributed by atoms with Gasteiger partial charge in [0.05, 0.1) is 5.41 Å². The summed E-state index contributed by atoms with van der Waals surface area (Å²) in [6.45, 7) is 2.52. The van der Waals surface area contributed by atoms with Crippen molar-refractivity contribution < 1.29 is 4.79 Å². The van der Waals surface area contributed by atoms with Crippen LogP contribution >= 0.6 is 15.9 Å². The molecule has 2 heterocycles. The van der Waals surface area contributed by atoms with Crippen molar-refractivity contribution in [3.05, 3.63) is 28.2 Å². The molecule has 2 saturated carbocycles. The number of piperidine rings is 1. The van der Waals surface area contributed by atoms with Crippen LogP contribution < -0.4 is 4.90 Å². The molecule has 122 valence electrons. The molecule has 5 rings (SSSR count). The number of likely N-dealkylation sites (tertiary alicyclic amines) is 1. The third-order valence-electron chi connectivity index (χ3n) is 6.47. The van der Waals surface area contributed by atoms with E-state index in [2.05, 4.69) is 43.9 Å². The summed E-state index contributed by atoms with van der Waals surface area (Å²) in [5.41, 5.74) is 2.32. The number of benzene rings is 1. The highest BCUT2D eigenvalue weighted by atomic mass is 79.9. The number of anilines is 1. The minimum Gasteiger partial charge on any atom is -0.308 e. The lowest BCUT2D eigenvalue weighted by atomic mass is 9.83. The quantitative estimate of drug-likeness (QED) is 0.784. The summed E-state index contributed by atoms with van der Waals surface area (Å²) >= 11 is 3.59. The molecule has 0 aromatic heterocycles. The second-order valence-electron chi connectivity index (χ2n) is 7.79. The van der Waals surface area contributed by atoms with Gasteiger partial charge >= 0.3 is 0 Å². The standard InChI is InChI=1S/C19H23BrN2O/c20-13-4-5-16-17(10-13)22(18(23)19(16)6-7-19)15-11-14(12-15)21-8-2-1-3-9-21/h4-5,10,14-15H,1-3,6-9,11-12H2. The smallest absolute Gasteiger partial charge is 0.237 e. The molecule has 1 amide bonds. The maximum Gasteiger partial charge on any atom is 0.237 e. The zero-order chi connectivity index (χ0) is 15.6. The van der Waals surface area contributed by atoms with Crippen LogP contribution in [0, 0.1) is 0 Å². The largest absolute Gasteiger partial charge is 0.308 e. The molecule has 2 aliphatic carbocycles. The Labute approximate surface area is 146 Å².